The zero-order chi connectivity index (χ0) is 13.7. The molecule has 2 nitrogen and oxygen atoms in total. The van der Waals surface area contributed by atoms with Crippen molar-refractivity contribution in [1.82, 2.24) is 5.32 Å². The molecule has 0 aliphatic rings. The van der Waals surface area contributed by atoms with E-state index < -0.39 is 0 Å². The van der Waals surface area contributed by atoms with Crippen molar-refractivity contribution in [3.63, 3.8) is 0 Å². The van der Waals surface area contributed by atoms with Crippen molar-refractivity contribution < 1.29 is 5.11 Å². The van der Waals surface area contributed by atoms with Gasteiger partial charge >= 0.3 is 0 Å². The molecule has 0 amide bonds. The van der Waals surface area contributed by atoms with E-state index >= 15 is 0 Å². The molecule has 0 unspecified atom stereocenters. The fourth-order valence-corrected chi connectivity index (χ4v) is 2.28. The molecule has 0 atom stereocenters. The topological polar surface area (TPSA) is 32.3 Å². The molecule has 0 aromatic carbocycles. The standard InChI is InChI=1S/C16H35NO/c1-4-5-6-7-8-9-10-13-17-15-16(2,3)12-11-14-18/h17-18H,4-15H2,1-3H3. The highest BCUT2D eigenvalue weighted by molar-refractivity contribution is 4.71. The summed E-state index contributed by atoms with van der Waals surface area (Å²) in [5.74, 6) is 0. The van der Waals surface area contributed by atoms with Gasteiger partial charge in [0.1, 0.15) is 0 Å². The number of unbranched alkanes of at least 4 members (excludes halogenated alkanes) is 6. The van der Waals surface area contributed by atoms with E-state index in [9.17, 15) is 0 Å². The van der Waals surface area contributed by atoms with E-state index in [2.05, 4.69) is 26.1 Å². The molecule has 0 aromatic rings. The van der Waals surface area contributed by atoms with Gasteiger partial charge in [0.25, 0.3) is 0 Å². The molecule has 0 aliphatic heterocycles. The maximum Gasteiger partial charge on any atom is 0.0431 e. The zero-order valence-corrected chi connectivity index (χ0v) is 12.9. The van der Waals surface area contributed by atoms with Crippen molar-refractivity contribution in [2.45, 2.75) is 78.6 Å². The van der Waals surface area contributed by atoms with Crippen LogP contribution in [0.25, 0.3) is 0 Å². The first-order chi connectivity index (χ1) is 8.62. The van der Waals surface area contributed by atoms with Crippen molar-refractivity contribution >= 4 is 0 Å². The third-order valence-electron chi connectivity index (χ3n) is 3.57. The van der Waals surface area contributed by atoms with Crippen LogP contribution in [-0.4, -0.2) is 24.8 Å². The minimum atomic E-state index is 0.321. The Kier molecular flexibility index (Phi) is 11.9. The minimum Gasteiger partial charge on any atom is -0.396 e. The van der Waals surface area contributed by atoms with Crippen molar-refractivity contribution in [2.75, 3.05) is 19.7 Å². The van der Waals surface area contributed by atoms with Gasteiger partial charge in [0.2, 0.25) is 0 Å². The summed E-state index contributed by atoms with van der Waals surface area (Å²) in [6.45, 7) is 9.36. The Morgan fingerprint density at radius 3 is 2.11 bits per heavy atom. The molecule has 2 N–H and O–H groups in total. The van der Waals surface area contributed by atoms with Gasteiger partial charge in [-0.05, 0) is 31.2 Å². The Morgan fingerprint density at radius 2 is 1.50 bits per heavy atom. The molecule has 0 rings (SSSR count). The highest BCUT2D eigenvalue weighted by Crippen LogP contribution is 2.20. The van der Waals surface area contributed by atoms with E-state index in [-0.39, 0.29) is 0 Å². The molecule has 0 saturated heterocycles. The van der Waals surface area contributed by atoms with Crippen molar-refractivity contribution in [3.8, 4) is 0 Å². The first kappa shape index (κ1) is 17.9. The Labute approximate surface area is 115 Å². The smallest absolute Gasteiger partial charge is 0.0431 e. The predicted molar refractivity (Wildman–Crippen MR) is 81.0 cm³/mol. The van der Waals surface area contributed by atoms with Crippen LogP contribution in [-0.2, 0) is 0 Å². The highest BCUT2D eigenvalue weighted by Gasteiger charge is 2.15. The van der Waals surface area contributed by atoms with Gasteiger partial charge in [0.05, 0.1) is 0 Å². The molecule has 0 aliphatic carbocycles. The molecular weight excluding hydrogens is 222 g/mol. The van der Waals surface area contributed by atoms with Crippen molar-refractivity contribution in [2.24, 2.45) is 5.41 Å². The van der Waals surface area contributed by atoms with Crippen LogP contribution in [0.5, 0.6) is 0 Å². The second-order valence-corrected chi connectivity index (χ2v) is 6.29. The summed E-state index contributed by atoms with van der Waals surface area (Å²) in [5, 5.41) is 12.4. The van der Waals surface area contributed by atoms with E-state index in [1.807, 2.05) is 0 Å². The first-order valence-electron chi connectivity index (χ1n) is 7.94. The molecule has 2 heteroatoms. The maximum atomic E-state index is 8.84. The van der Waals surface area contributed by atoms with Crippen molar-refractivity contribution in [1.29, 1.82) is 0 Å². The van der Waals surface area contributed by atoms with E-state index in [0.29, 0.717) is 12.0 Å². The summed E-state index contributed by atoms with van der Waals surface area (Å²) in [7, 11) is 0. The lowest BCUT2D eigenvalue weighted by molar-refractivity contribution is 0.236. The van der Waals surface area contributed by atoms with Gasteiger partial charge in [-0.1, -0.05) is 59.3 Å². The SMILES string of the molecule is CCCCCCCCCNCC(C)(C)CCCO. The number of rotatable bonds is 13. The quantitative estimate of drug-likeness (QED) is 0.486. The van der Waals surface area contributed by atoms with Gasteiger partial charge in [0, 0.05) is 13.2 Å². The van der Waals surface area contributed by atoms with Gasteiger partial charge in [0.15, 0.2) is 0 Å². The summed E-state index contributed by atoms with van der Waals surface area (Å²) in [6.07, 6.45) is 11.7. The third-order valence-corrected chi connectivity index (χ3v) is 3.57. The fraction of sp³-hybridized carbons (Fsp3) is 1.00. The van der Waals surface area contributed by atoms with Crippen LogP contribution >= 0.6 is 0 Å². The molecule has 0 radical (unpaired) electrons. The molecule has 0 saturated carbocycles. The van der Waals surface area contributed by atoms with E-state index in [0.717, 1.165) is 25.9 Å². The summed E-state index contributed by atoms with van der Waals surface area (Å²) in [5.41, 5.74) is 0.323. The van der Waals surface area contributed by atoms with Crippen LogP contribution in [0.1, 0.15) is 78.6 Å². The lowest BCUT2D eigenvalue weighted by atomic mass is 9.88. The van der Waals surface area contributed by atoms with Crippen LogP contribution in [0.2, 0.25) is 0 Å². The van der Waals surface area contributed by atoms with Crippen LogP contribution in [0.15, 0.2) is 0 Å². The van der Waals surface area contributed by atoms with E-state index in [1.54, 1.807) is 0 Å². The zero-order valence-electron chi connectivity index (χ0n) is 12.9. The second-order valence-electron chi connectivity index (χ2n) is 6.29. The van der Waals surface area contributed by atoms with Crippen LogP contribution in [0.3, 0.4) is 0 Å². The average Bonchev–Trinajstić information content (AvgIpc) is 2.34. The second kappa shape index (κ2) is 12.0. The third kappa shape index (κ3) is 12.4. The average molecular weight is 257 g/mol. The Hall–Kier alpha value is -0.0800. The molecule has 0 aromatic heterocycles. The van der Waals surface area contributed by atoms with Crippen LogP contribution < -0.4 is 5.32 Å². The number of aliphatic hydroxyl groups excluding tert-OH is 1. The molecule has 110 valence electrons. The van der Waals surface area contributed by atoms with Gasteiger partial charge in [-0.25, -0.2) is 0 Å². The van der Waals surface area contributed by atoms with E-state index in [1.165, 1.54) is 44.9 Å². The Morgan fingerprint density at radius 1 is 0.889 bits per heavy atom. The lowest BCUT2D eigenvalue weighted by Gasteiger charge is -2.24. The summed E-state index contributed by atoms with van der Waals surface area (Å²) in [4.78, 5) is 0. The van der Waals surface area contributed by atoms with E-state index in [4.69, 9.17) is 5.11 Å². The van der Waals surface area contributed by atoms with Crippen molar-refractivity contribution in [3.05, 3.63) is 0 Å². The molecule has 18 heavy (non-hydrogen) atoms. The molecular formula is C16H35NO. The van der Waals surface area contributed by atoms with Gasteiger partial charge < -0.3 is 10.4 Å². The normalized spacial score (nSPS) is 12.0. The first-order valence-corrected chi connectivity index (χ1v) is 7.94. The van der Waals surface area contributed by atoms with Gasteiger partial charge in [-0.2, -0.15) is 0 Å². The summed E-state index contributed by atoms with van der Waals surface area (Å²) >= 11 is 0. The van der Waals surface area contributed by atoms with Gasteiger partial charge in [-0.15, -0.1) is 0 Å². The number of aliphatic hydroxyl groups is 1. The fourth-order valence-electron chi connectivity index (χ4n) is 2.28. The minimum absolute atomic E-state index is 0.321. The summed E-state index contributed by atoms with van der Waals surface area (Å²) in [6, 6.07) is 0. The number of hydrogen-bond acceptors (Lipinski definition) is 2. The highest BCUT2D eigenvalue weighted by atomic mass is 16.2. The Balaban J connectivity index is 3.23. The summed E-state index contributed by atoms with van der Waals surface area (Å²) < 4.78 is 0. The monoisotopic (exact) mass is 257 g/mol. The maximum absolute atomic E-state index is 8.84. The largest absolute Gasteiger partial charge is 0.396 e. The Bertz CT molecular complexity index is 168. The molecule has 0 heterocycles. The molecule has 0 spiro atoms. The lowest BCUT2D eigenvalue weighted by Crippen LogP contribution is -2.30. The molecule has 0 fully saturated rings. The predicted octanol–water partition coefficient (Wildman–Crippen LogP) is 4.13. The molecule has 0 bridgehead atoms. The van der Waals surface area contributed by atoms with Gasteiger partial charge in [-0.3, -0.25) is 0 Å². The number of nitrogens with one attached hydrogen (secondary N) is 1. The van der Waals surface area contributed by atoms with Crippen LogP contribution in [0, 0.1) is 5.41 Å². The van der Waals surface area contributed by atoms with Crippen LogP contribution in [0.4, 0.5) is 0 Å². The number of hydrogen-bond donors (Lipinski definition) is 2.